The van der Waals surface area contributed by atoms with Crippen LogP contribution in [0.15, 0.2) is 23.1 Å². The molecule has 3 N–H and O–H groups in total. The molecule has 0 spiro atoms. The third kappa shape index (κ3) is 3.92. The monoisotopic (exact) mass is 284 g/mol. The van der Waals surface area contributed by atoms with Crippen LogP contribution in [-0.2, 0) is 14.8 Å². The standard InChI is InChI=1S/C13H20N2O3S/c1-10-3-2-4-12(14)13(10)19(16,17)15-7-8-18-9-11-5-6-11/h2-4,11,15H,5-9,14H2,1H3. The van der Waals surface area contributed by atoms with Gasteiger partial charge in [-0.15, -0.1) is 0 Å². The summed E-state index contributed by atoms with van der Waals surface area (Å²) in [5.74, 6) is 0.684. The summed E-state index contributed by atoms with van der Waals surface area (Å²) in [6.07, 6.45) is 2.46. The van der Waals surface area contributed by atoms with E-state index in [0.29, 0.717) is 18.1 Å². The second-order valence-electron chi connectivity index (χ2n) is 4.91. The highest BCUT2D eigenvalue weighted by Crippen LogP contribution is 2.28. The number of hydrogen-bond donors (Lipinski definition) is 2. The minimum atomic E-state index is -3.56. The van der Waals surface area contributed by atoms with Crippen molar-refractivity contribution < 1.29 is 13.2 Å². The highest BCUT2D eigenvalue weighted by Gasteiger charge is 2.22. The number of benzene rings is 1. The van der Waals surface area contributed by atoms with Crippen LogP contribution in [0, 0.1) is 12.8 Å². The van der Waals surface area contributed by atoms with Gasteiger partial charge >= 0.3 is 0 Å². The van der Waals surface area contributed by atoms with Crippen LogP contribution in [0.25, 0.3) is 0 Å². The molecule has 5 nitrogen and oxygen atoms in total. The van der Waals surface area contributed by atoms with E-state index in [1.807, 2.05) is 0 Å². The lowest BCUT2D eigenvalue weighted by atomic mass is 10.2. The molecule has 1 saturated carbocycles. The van der Waals surface area contributed by atoms with Crippen molar-refractivity contribution in [2.24, 2.45) is 5.92 Å². The van der Waals surface area contributed by atoms with Gasteiger partial charge in [-0.25, -0.2) is 13.1 Å². The van der Waals surface area contributed by atoms with Crippen molar-refractivity contribution in [3.05, 3.63) is 23.8 Å². The Bertz CT molecular complexity index is 519. The van der Waals surface area contributed by atoms with Crippen LogP contribution >= 0.6 is 0 Å². The Morgan fingerprint density at radius 1 is 1.42 bits per heavy atom. The lowest BCUT2D eigenvalue weighted by Gasteiger charge is -2.11. The number of hydrogen-bond acceptors (Lipinski definition) is 4. The van der Waals surface area contributed by atoms with E-state index in [1.165, 1.54) is 12.8 Å². The Morgan fingerprint density at radius 3 is 2.79 bits per heavy atom. The molecule has 1 aromatic carbocycles. The summed E-state index contributed by atoms with van der Waals surface area (Å²) in [6.45, 7) is 3.12. The van der Waals surface area contributed by atoms with Crippen molar-refractivity contribution >= 4 is 15.7 Å². The zero-order chi connectivity index (χ0) is 13.9. The Labute approximate surface area is 114 Å². The van der Waals surface area contributed by atoms with Gasteiger partial charge in [-0.1, -0.05) is 12.1 Å². The smallest absolute Gasteiger partial charge is 0.242 e. The number of nitrogens with one attached hydrogen (secondary N) is 1. The maximum absolute atomic E-state index is 12.1. The summed E-state index contributed by atoms with van der Waals surface area (Å²) >= 11 is 0. The Hall–Kier alpha value is -1.11. The molecule has 1 aliphatic rings. The molecule has 1 aromatic rings. The van der Waals surface area contributed by atoms with Gasteiger partial charge in [0.2, 0.25) is 10.0 Å². The van der Waals surface area contributed by atoms with Crippen molar-refractivity contribution in [1.82, 2.24) is 4.72 Å². The first-order chi connectivity index (χ1) is 9.00. The fourth-order valence-corrected chi connectivity index (χ4v) is 3.26. The van der Waals surface area contributed by atoms with Gasteiger partial charge in [0.15, 0.2) is 0 Å². The second-order valence-corrected chi connectivity index (χ2v) is 6.61. The summed E-state index contributed by atoms with van der Waals surface area (Å²) in [5.41, 5.74) is 6.65. The number of sulfonamides is 1. The molecule has 0 heterocycles. The molecule has 106 valence electrons. The van der Waals surface area contributed by atoms with E-state index >= 15 is 0 Å². The number of nitrogen functional groups attached to an aromatic ring is 1. The van der Waals surface area contributed by atoms with Crippen molar-refractivity contribution in [1.29, 1.82) is 0 Å². The molecule has 0 atom stereocenters. The number of rotatable bonds is 7. The molecule has 19 heavy (non-hydrogen) atoms. The molecular formula is C13H20N2O3S. The molecule has 0 amide bonds. The molecule has 0 saturated heterocycles. The van der Waals surface area contributed by atoms with Gasteiger partial charge in [0, 0.05) is 13.2 Å². The predicted octanol–water partition coefficient (Wildman–Crippen LogP) is 1.28. The van der Waals surface area contributed by atoms with Gasteiger partial charge in [0.25, 0.3) is 0 Å². The first kappa shape index (κ1) is 14.3. The molecule has 0 radical (unpaired) electrons. The van der Waals surface area contributed by atoms with E-state index < -0.39 is 10.0 Å². The molecule has 0 bridgehead atoms. The Kier molecular flexibility index (Phi) is 4.44. The lowest BCUT2D eigenvalue weighted by Crippen LogP contribution is -2.29. The van der Waals surface area contributed by atoms with E-state index in [-0.39, 0.29) is 17.1 Å². The van der Waals surface area contributed by atoms with E-state index in [9.17, 15) is 8.42 Å². The second kappa shape index (κ2) is 5.90. The van der Waals surface area contributed by atoms with Crippen molar-refractivity contribution in [2.75, 3.05) is 25.5 Å². The normalized spacial score (nSPS) is 15.6. The van der Waals surface area contributed by atoms with E-state index in [0.717, 1.165) is 6.61 Å². The number of nitrogens with two attached hydrogens (primary N) is 1. The third-order valence-electron chi connectivity index (χ3n) is 3.10. The van der Waals surface area contributed by atoms with Crippen molar-refractivity contribution in [3.8, 4) is 0 Å². The maximum Gasteiger partial charge on any atom is 0.242 e. The highest BCUT2D eigenvalue weighted by atomic mass is 32.2. The first-order valence-corrected chi connectivity index (χ1v) is 7.91. The Balaban J connectivity index is 1.89. The van der Waals surface area contributed by atoms with Crippen LogP contribution in [0.4, 0.5) is 5.69 Å². The highest BCUT2D eigenvalue weighted by molar-refractivity contribution is 7.89. The predicted molar refractivity (Wildman–Crippen MR) is 74.3 cm³/mol. The van der Waals surface area contributed by atoms with Gasteiger partial charge in [0.05, 0.1) is 12.3 Å². The number of anilines is 1. The summed E-state index contributed by atoms with van der Waals surface area (Å²) < 4.78 is 32.2. The van der Waals surface area contributed by atoms with Crippen LogP contribution in [0.2, 0.25) is 0 Å². The molecule has 1 aliphatic carbocycles. The first-order valence-electron chi connectivity index (χ1n) is 6.43. The van der Waals surface area contributed by atoms with E-state index in [1.54, 1.807) is 25.1 Å². The van der Waals surface area contributed by atoms with Crippen LogP contribution in [-0.4, -0.2) is 28.2 Å². The molecule has 0 aromatic heterocycles. The topological polar surface area (TPSA) is 81.4 Å². The average molecular weight is 284 g/mol. The average Bonchev–Trinajstić information content (AvgIpc) is 3.11. The number of ether oxygens (including phenoxy) is 1. The third-order valence-corrected chi connectivity index (χ3v) is 4.78. The number of aryl methyl sites for hydroxylation is 1. The van der Waals surface area contributed by atoms with Crippen LogP contribution in [0.3, 0.4) is 0 Å². The van der Waals surface area contributed by atoms with E-state index in [2.05, 4.69) is 4.72 Å². The lowest BCUT2D eigenvalue weighted by molar-refractivity contribution is 0.129. The molecule has 1 fully saturated rings. The minimum absolute atomic E-state index is 0.164. The quantitative estimate of drug-likeness (QED) is 0.584. The molecule has 6 heteroatoms. The fourth-order valence-electron chi connectivity index (χ4n) is 1.90. The van der Waals surface area contributed by atoms with Gasteiger partial charge in [0.1, 0.15) is 4.90 Å². The van der Waals surface area contributed by atoms with Crippen LogP contribution in [0.5, 0.6) is 0 Å². The summed E-state index contributed by atoms with van der Waals surface area (Å²) in [6, 6.07) is 5.06. The minimum Gasteiger partial charge on any atom is -0.398 e. The SMILES string of the molecule is Cc1cccc(N)c1S(=O)(=O)NCCOCC1CC1. The van der Waals surface area contributed by atoms with Gasteiger partial charge in [-0.2, -0.15) is 0 Å². The van der Waals surface area contributed by atoms with Gasteiger partial charge < -0.3 is 10.5 Å². The van der Waals surface area contributed by atoms with Gasteiger partial charge in [-0.3, -0.25) is 0 Å². The fraction of sp³-hybridized carbons (Fsp3) is 0.538. The van der Waals surface area contributed by atoms with Crippen molar-refractivity contribution in [3.63, 3.8) is 0 Å². The van der Waals surface area contributed by atoms with Crippen LogP contribution < -0.4 is 10.5 Å². The largest absolute Gasteiger partial charge is 0.398 e. The molecular weight excluding hydrogens is 264 g/mol. The molecule has 0 unspecified atom stereocenters. The van der Waals surface area contributed by atoms with Crippen molar-refractivity contribution in [2.45, 2.75) is 24.7 Å². The zero-order valence-electron chi connectivity index (χ0n) is 11.1. The van der Waals surface area contributed by atoms with E-state index in [4.69, 9.17) is 10.5 Å². The zero-order valence-corrected chi connectivity index (χ0v) is 11.9. The molecule has 2 rings (SSSR count). The summed E-state index contributed by atoms with van der Waals surface area (Å²) in [4.78, 5) is 0.164. The van der Waals surface area contributed by atoms with Gasteiger partial charge in [-0.05, 0) is 37.3 Å². The summed E-state index contributed by atoms with van der Waals surface area (Å²) in [5, 5.41) is 0. The summed E-state index contributed by atoms with van der Waals surface area (Å²) in [7, 11) is -3.56. The Morgan fingerprint density at radius 2 is 2.16 bits per heavy atom. The maximum atomic E-state index is 12.1. The molecule has 0 aliphatic heterocycles. The van der Waals surface area contributed by atoms with Crippen LogP contribution in [0.1, 0.15) is 18.4 Å².